The van der Waals surface area contributed by atoms with Gasteiger partial charge >= 0.3 is 5.97 Å². The second kappa shape index (κ2) is 5.15. The molecule has 2 rings (SSSR count). The van der Waals surface area contributed by atoms with Crippen molar-refractivity contribution in [3.05, 3.63) is 28.2 Å². The number of rotatable bonds is 4. The fourth-order valence-electron chi connectivity index (χ4n) is 1.78. The molecule has 1 aliphatic rings. The molecule has 1 atom stereocenters. The second-order valence-electron chi connectivity index (χ2n) is 4.75. The fourth-order valence-corrected chi connectivity index (χ4v) is 2.88. The molecule has 6 heteroatoms. The van der Waals surface area contributed by atoms with Crippen molar-refractivity contribution >= 4 is 45.1 Å². The maximum atomic E-state index is 12.0. The van der Waals surface area contributed by atoms with Crippen molar-refractivity contribution in [3.8, 4) is 5.75 Å². The van der Waals surface area contributed by atoms with Gasteiger partial charge in [0, 0.05) is 16.5 Å². The van der Waals surface area contributed by atoms with E-state index in [1.165, 1.54) is 0 Å². The topological polar surface area (TPSA) is 35.5 Å². The van der Waals surface area contributed by atoms with Crippen LogP contribution in [0.3, 0.4) is 0 Å². The molecule has 0 bridgehead atoms. The minimum Gasteiger partial charge on any atom is -0.496 e. The summed E-state index contributed by atoms with van der Waals surface area (Å²) in [5.74, 6) is 0.277. The van der Waals surface area contributed by atoms with E-state index in [0.29, 0.717) is 12.2 Å². The third-order valence-electron chi connectivity index (χ3n) is 3.31. The Morgan fingerprint density at radius 1 is 1.47 bits per heavy atom. The molecule has 1 fully saturated rings. The van der Waals surface area contributed by atoms with Crippen LogP contribution in [0.1, 0.15) is 18.9 Å². The maximum Gasteiger partial charge on any atom is 0.315 e. The molecule has 0 spiro atoms. The predicted octanol–water partition coefficient (Wildman–Crippen LogP) is 4.08. The number of halogens is 3. The average molecular weight is 368 g/mol. The van der Waals surface area contributed by atoms with Crippen LogP contribution in [-0.2, 0) is 16.1 Å². The summed E-state index contributed by atoms with van der Waals surface area (Å²) in [5.41, 5.74) is -0.0285. The summed E-state index contributed by atoms with van der Waals surface area (Å²) in [7, 11) is 1.57. The van der Waals surface area contributed by atoms with Crippen molar-refractivity contribution in [3.63, 3.8) is 0 Å². The molecule has 104 valence electrons. The lowest BCUT2D eigenvalue weighted by molar-refractivity contribution is -0.151. The zero-order valence-electron chi connectivity index (χ0n) is 10.5. The van der Waals surface area contributed by atoms with Gasteiger partial charge in [-0.1, -0.05) is 15.9 Å². The summed E-state index contributed by atoms with van der Waals surface area (Å²) in [4.78, 5) is 12.0. The smallest absolute Gasteiger partial charge is 0.315 e. The van der Waals surface area contributed by atoms with Gasteiger partial charge in [0.05, 0.1) is 7.11 Å². The van der Waals surface area contributed by atoms with Gasteiger partial charge in [-0.3, -0.25) is 4.79 Å². The summed E-state index contributed by atoms with van der Waals surface area (Å²) in [6.45, 7) is 1.83. The van der Waals surface area contributed by atoms with Gasteiger partial charge in [0.25, 0.3) is 0 Å². The van der Waals surface area contributed by atoms with Crippen molar-refractivity contribution in [1.82, 2.24) is 0 Å². The zero-order valence-corrected chi connectivity index (χ0v) is 13.6. The number of ether oxygens (including phenoxy) is 2. The van der Waals surface area contributed by atoms with Gasteiger partial charge in [-0.25, -0.2) is 0 Å². The lowest BCUT2D eigenvalue weighted by Gasteiger charge is -2.13. The van der Waals surface area contributed by atoms with E-state index in [4.69, 9.17) is 32.7 Å². The Morgan fingerprint density at radius 2 is 2.11 bits per heavy atom. The second-order valence-corrected chi connectivity index (χ2v) is 7.15. The van der Waals surface area contributed by atoms with E-state index in [0.717, 1.165) is 10.0 Å². The molecule has 0 aliphatic heterocycles. The quantitative estimate of drug-likeness (QED) is 0.594. The van der Waals surface area contributed by atoms with Crippen LogP contribution in [0.15, 0.2) is 22.7 Å². The van der Waals surface area contributed by atoms with Crippen LogP contribution in [0.25, 0.3) is 0 Å². The molecule has 0 N–H and O–H groups in total. The van der Waals surface area contributed by atoms with E-state index in [9.17, 15) is 4.79 Å². The van der Waals surface area contributed by atoms with E-state index in [1.54, 1.807) is 20.1 Å². The van der Waals surface area contributed by atoms with Crippen molar-refractivity contribution in [2.45, 2.75) is 24.3 Å². The van der Waals surface area contributed by atoms with Crippen LogP contribution in [0, 0.1) is 5.41 Å². The largest absolute Gasteiger partial charge is 0.496 e. The Labute approximate surface area is 130 Å². The van der Waals surface area contributed by atoms with Crippen molar-refractivity contribution in [2.24, 2.45) is 5.41 Å². The molecule has 1 aliphatic carbocycles. The summed E-state index contributed by atoms with van der Waals surface area (Å²) in [6.07, 6.45) is 0.414. The van der Waals surface area contributed by atoms with Crippen LogP contribution in [0.4, 0.5) is 0 Å². The molecule has 1 unspecified atom stereocenters. The average Bonchev–Trinajstić information content (AvgIpc) is 2.87. The van der Waals surface area contributed by atoms with E-state index in [2.05, 4.69) is 15.9 Å². The van der Waals surface area contributed by atoms with Crippen molar-refractivity contribution in [1.29, 1.82) is 0 Å². The number of methoxy groups -OCH3 is 1. The Bertz CT molecular complexity index is 519. The lowest BCUT2D eigenvalue weighted by Crippen LogP contribution is -2.21. The van der Waals surface area contributed by atoms with E-state index >= 15 is 0 Å². The molecular weight excluding hydrogens is 355 g/mol. The number of carbonyl (C=O) groups excluding carboxylic acids is 1. The minimum atomic E-state index is -1.01. The molecule has 0 aromatic heterocycles. The summed E-state index contributed by atoms with van der Waals surface area (Å²) in [6, 6.07) is 5.50. The summed E-state index contributed by atoms with van der Waals surface area (Å²) in [5, 5.41) is 0. The van der Waals surface area contributed by atoms with E-state index in [1.807, 2.05) is 12.1 Å². The Morgan fingerprint density at radius 3 is 2.63 bits per heavy atom. The van der Waals surface area contributed by atoms with Gasteiger partial charge in [0.15, 0.2) is 0 Å². The Kier molecular flexibility index (Phi) is 4.05. The number of carbonyl (C=O) groups is 1. The molecule has 3 nitrogen and oxygen atoms in total. The highest BCUT2D eigenvalue weighted by atomic mass is 79.9. The third kappa shape index (κ3) is 2.86. The number of benzene rings is 1. The molecule has 1 aromatic carbocycles. The highest BCUT2D eigenvalue weighted by molar-refractivity contribution is 9.10. The van der Waals surface area contributed by atoms with Gasteiger partial charge in [0.2, 0.25) is 0 Å². The van der Waals surface area contributed by atoms with Gasteiger partial charge in [-0.15, -0.1) is 23.2 Å². The first-order chi connectivity index (χ1) is 8.80. The summed E-state index contributed by atoms with van der Waals surface area (Å²) >= 11 is 15.2. The number of esters is 1. The first-order valence-corrected chi connectivity index (χ1v) is 7.22. The predicted molar refractivity (Wildman–Crippen MR) is 77.7 cm³/mol. The standard InChI is InChI=1S/C13H13BrCl2O3/c1-12(7-13(12,15)16)11(17)19-6-8-5-9(14)3-4-10(8)18-2/h3-5H,6-7H2,1-2H3. The van der Waals surface area contributed by atoms with Gasteiger partial charge in [-0.05, 0) is 25.1 Å². The molecule has 0 amide bonds. The molecular formula is C13H13BrCl2O3. The normalized spacial score (nSPS) is 23.8. The first-order valence-electron chi connectivity index (χ1n) is 5.67. The monoisotopic (exact) mass is 366 g/mol. The SMILES string of the molecule is COc1ccc(Br)cc1COC(=O)C1(C)CC1(Cl)Cl. The zero-order chi connectivity index (χ0) is 14.3. The first kappa shape index (κ1) is 14.9. The number of alkyl halides is 2. The van der Waals surface area contributed by atoms with Crippen LogP contribution in [0.5, 0.6) is 5.75 Å². The van der Waals surface area contributed by atoms with Gasteiger partial charge in [-0.2, -0.15) is 0 Å². The number of hydrogen-bond donors (Lipinski definition) is 0. The molecule has 0 heterocycles. The Hall–Kier alpha value is -0.450. The van der Waals surface area contributed by atoms with Crippen molar-refractivity contribution in [2.75, 3.05) is 7.11 Å². The maximum absolute atomic E-state index is 12.0. The molecule has 0 saturated heterocycles. The van der Waals surface area contributed by atoms with E-state index in [-0.39, 0.29) is 12.6 Å². The summed E-state index contributed by atoms with van der Waals surface area (Å²) < 4.78 is 10.4. The number of hydrogen-bond acceptors (Lipinski definition) is 3. The van der Waals surface area contributed by atoms with Crippen LogP contribution < -0.4 is 4.74 Å². The third-order valence-corrected chi connectivity index (χ3v) is 4.90. The van der Waals surface area contributed by atoms with Gasteiger partial charge in [0.1, 0.15) is 22.1 Å². The van der Waals surface area contributed by atoms with Crippen LogP contribution >= 0.6 is 39.1 Å². The molecule has 1 saturated carbocycles. The van der Waals surface area contributed by atoms with E-state index < -0.39 is 9.75 Å². The fraction of sp³-hybridized carbons (Fsp3) is 0.462. The lowest BCUT2D eigenvalue weighted by atomic mass is 10.1. The molecule has 19 heavy (non-hydrogen) atoms. The molecule has 1 aromatic rings. The van der Waals surface area contributed by atoms with Crippen LogP contribution in [-0.4, -0.2) is 17.4 Å². The minimum absolute atomic E-state index is 0.126. The highest BCUT2D eigenvalue weighted by Gasteiger charge is 2.69. The Balaban J connectivity index is 2.04. The van der Waals surface area contributed by atoms with Crippen molar-refractivity contribution < 1.29 is 14.3 Å². The van der Waals surface area contributed by atoms with Gasteiger partial charge < -0.3 is 9.47 Å². The molecule has 0 radical (unpaired) electrons. The highest BCUT2D eigenvalue weighted by Crippen LogP contribution is 2.64. The van der Waals surface area contributed by atoms with Crippen LogP contribution in [0.2, 0.25) is 0 Å².